The van der Waals surface area contributed by atoms with E-state index in [2.05, 4.69) is 12.2 Å². The van der Waals surface area contributed by atoms with E-state index in [9.17, 15) is 4.39 Å². The predicted octanol–water partition coefficient (Wildman–Crippen LogP) is 3.93. The fourth-order valence-electron chi connectivity index (χ4n) is 3.12. The van der Waals surface area contributed by atoms with Gasteiger partial charge in [0.1, 0.15) is 5.82 Å². The zero-order valence-electron chi connectivity index (χ0n) is 11.3. The molecule has 1 aromatic carbocycles. The molecule has 1 N–H and O–H groups in total. The lowest BCUT2D eigenvalue weighted by molar-refractivity contribution is 0.275. The molecule has 18 heavy (non-hydrogen) atoms. The molecule has 0 saturated heterocycles. The Kier molecular flexibility index (Phi) is 4.76. The minimum Gasteiger partial charge on any atom is -0.316 e. The zero-order chi connectivity index (χ0) is 12.8. The highest BCUT2D eigenvalue weighted by atomic mass is 19.1. The molecule has 0 heterocycles. The third-order valence-corrected chi connectivity index (χ3v) is 4.11. The van der Waals surface area contributed by atoms with Crippen molar-refractivity contribution in [2.45, 2.75) is 45.4 Å². The van der Waals surface area contributed by atoms with E-state index in [-0.39, 0.29) is 11.2 Å². The number of halogens is 1. The number of hydrogen-bond donors (Lipinski definition) is 1. The van der Waals surface area contributed by atoms with Gasteiger partial charge in [-0.15, -0.1) is 0 Å². The first kappa shape index (κ1) is 13.5. The summed E-state index contributed by atoms with van der Waals surface area (Å²) in [5, 5.41) is 3.54. The van der Waals surface area contributed by atoms with E-state index in [1.165, 1.54) is 25.7 Å². The highest BCUT2D eigenvalue weighted by Gasteiger charge is 2.34. The smallest absolute Gasteiger partial charge is 0.126 e. The molecule has 1 nitrogen and oxygen atoms in total. The Hall–Kier alpha value is -0.890. The van der Waals surface area contributed by atoms with Crippen LogP contribution in [0.1, 0.15) is 44.6 Å². The fraction of sp³-hybridized carbons (Fsp3) is 0.625. The van der Waals surface area contributed by atoms with Gasteiger partial charge < -0.3 is 5.32 Å². The molecule has 100 valence electrons. The van der Waals surface area contributed by atoms with Gasteiger partial charge in [0.05, 0.1) is 0 Å². The second-order valence-corrected chi connectivity index (χ2v) is 5.65. The summed E-state index contributed by atoms with van der Waals surface area (Å²) >= 11 is 0. The van der Waals surface area contributed by atoms with Gasteiger partial charge in [-0.2, -0.15) is 0 Å². The molecule has 0 amide bonds. The largest absolute Gasteiger partial charge is 0.316 e. The first-order valence-corrected chi connectivity index (χ1v) is 7.20. The van der Waals surface area contributed by atoms with E-state index in [1.807, 2.05) is 12.1 Å². The maximum atomic E-state index is 13.8. The van der Waals surface area contributed by atoms with E-state index in [1.54, 1.807) is 12.1 Å². The molecule has 0 aliphatic heterocycles. The minimum absolute atomic E-state index is 0.0423. The Bertz CT molecular complexity index is 369. The van der Waals surface area contributed by atoms with Crippen LogP contribution in [0.2, 0.25) is 0 Å². The molecule has 2 heteroatoms. The molecule has 0 aromatic heterocycles. The van der Waals surface area contributed by atoms with Crippen molar-refractivity contribution in [3.8, 4) is 0 Å². The van der Waals surface area contributed by atoms with Crippen LogP contribution in [-0.2, 0) is 6.42 Å². The van der Waals surface area contributed by atoms with Crippen LogP contribution in [0.25, 0.3) is 0 Å². The summed E-state index contributed by atoms with van der Waals surface area (Å²) in [4.78, 5) is 0. The minimum atomic E-state index is -0.0423. The van der Waals surface area contributed by atoms with Crippen molar-refractivity contribution in [2.24, 2.45) is 5.41 Å². The molecule has 0 radical (unpaired) electrons. The van der Waals surface area contributed by atoms with Crippen molar-refractivity contribution in [3.63, 3.8) is 0 Å². The van der Waals surface area contributed by atoms with Gasteiger partial charge in [0.2, 0.25) is 0 Å². The maximum absolute atomic E-state index is 13.8. The van der Waals surface area contributed by atoms with Crippen LogP contribution in [0.5, 0.6) is 0 Å². The quantitative estimate of drug-likeness (QED) is 0.753. The standard InChI is InChI=1S/C16H24FN/c1-2-11-18-13-16(9-5-6-10-16)12-14-7-3-4-8-15(14)17/h3-4,7-8,18H,2,5-6,9-13H2,1H3. The van der Waals surface area contributed by atoms with Crippen molar-refractivity contribution >= 4 is 0 Å². The van der Waals surface area contributed by atoms with Crippen molar-refractivity contribution in [1.82, 2.24) is 5.32 Å². The van der Waals surface area contributed by atoms with Crippen molar-refractivity contribution in [1.29, 1.82) is 0 Å². The SMILES string of the molecule is CCCNCC1(Cc2ccccc2F)CCCC1. The normalized spacial score (nSPS) is 18.1. The van der Waals surface area contributed by atoms with Gasteiger partial charge in [0, 0.05) is 6.54 Å². The van der Waals surface area contributed by atoms with Crippen LogP contribution in [0.15, 0.2) is 24.3 Å². The summed E-state index contributed by atoms with van der Waals surface area (Å²) in [7, 11) is 0. The summed E-state index contributed by atoms with van der Waals surface area (Å²) in [6, 6.07) is 7.24. The molecular formula is C16H24FN. The molecule has 0 atom stereocenters. The Labute approximate surface area is 110 Å². The van der Waals surface area contributed by atoms with Gasteiger partial charge in [-0.25, -0.2) is 4.39 Å². The van der Waals surface area contributed by atoms with Gasteiger partial charge in [0.15, 0.2) is 0 Å². The molecule has 1 aromatic rings. The summed E-state index contributed by atoms with van der Waals surface area (Å²) in [5.74, 6) is -0.0423. The average Bonchev–Trinajstić information content (AvgIpc) is 2.82. The van der Waals surface area contributed by atoms with Gasteiger partial charge >= 0.3 is 0 Å². The topological polar surface area (TPSA) is 12.0 Å². The number of rotatable bonds is 6. The Morgan fingerprint density at radius 3 is 2.61 bits per heavy atom. The highest BCUT2D eigenvalue weighted by molar-refractivity contribution is 5.19. The maximum Gasteiger partial charge on any atom is 0.126 e. The average molecular weight is 249 g/mol. The molecule has 0 unspecified atom stereocenters. The predicted molar refractivity (Wildman–Crippen MR) is 74.2 cm³/mol. The van der Waals surface area contributed by atoms with E-state index in [0.29, 0.717) is 0 Å². The molecule has 0 spiro atoms. The Balaban J connectivity index is 2.04. The van der Waals surface area contributed by atoms with Gasteiger partial charge in [-0.05, 0) is 49.3 Å². The first-order valence-electron chi connectivity index (χ1n) is 7.20. The monoisotopic (exact) mass is 249 g/mol. The van der Waals surface area contributed by atoms with Crippen LogP contribution < -0.4 is 5.32 Å². The van der Waals surface area contributed by atoms with Crippen LogP contribution >= 0.6 is 0 Å². The van der Waals surface area contributed by atoms with Gasteiger partial charge in [0.25, 0.3) is 0 Å². The Morgan fingerprint density at radius 1 is 1.22 bits per heavy atom. The lowest BCUT2D eigenvalue weighted by Crippen LogP contribution is -2.34. The van der Waals surface area contributed by atoms with E-state index in [4.69, 9.17) is 0 Å². The summed E-state index contributed by atoms with van der Waals surface area (Å²) in [5.41, 5.74) is 1.18. The third kappa shape index (κ3) is 3.32. The van der Waals surface area contributed by atoms with Crippen LogP contribution in [0.4, 0.5) is 4.39 Å². The second kappa shape index (κ2) is 6.33. The number of benzene rings is 1. The fourth-order valence-corrected chi connectivity index (χ4v) is 3.12. The lowest BCUT2D eigenvalue weighted by atomic mass is 9.79. The second-order valence-electron chi connectivity index (χ2n) is 5.65. The summed E-state index contributed by atoms with van der Waals surface area (Å²) < 4.78 is 13.8. The van der Waals surface area contributed by atoms with Gasteiger partial charge in [-0.3, -0.25) is 0 Å². The zero-order valence-corrected chi connectivity index (χ0v) is 11.3. The number of hydrogen-bond acceptors (Lipinski definition) is 1. The summed E-state index contributed by atoms with van der Waals surface area (Å²) in [6.07, 6.45) is 7.10. The van der Waals surface area contributed by atoms with E-state index >= 15 is 0 Å². The summed E-state index contributed by atoms with van der Waals surface area (Å²) in [6.45, 7) is 4.29. The van der Waals surface area contributed by atoms with E-state index in [0.717, 1.165) is 31.5 Å². The molecular weight excluding hydrogens is 225 g/mol. The highest BCUT2D eigenvalue weighted by Crippen LogP contribution is 2.40. The molecule has 1 aliphatic rings. The van der Waals surface area contributed by atoms with Crippen LogP contribution in [0.3, 0.4) is 0 Å². The first-order chi connectivity index (χ1) is 8.76. The number of nitrogens with one attached hydrogen (secondary N) is 1. The van der Waals surface area contributed by atoms with Crippen molar-refractivity contribution in [2.75, 3.05) is 13.1 Å². The molecule has 0 bridgehead atoms. The molecule has 1 saturated carbocycles. The van der Waals surface area contributed by atoms with Crippen molar-refractivity contribution in [3.05, 3.63) is 35.6 Å². The van der Waals surface area contributed by atoms with Crippen LogP contribution in [-0.4, -0.2) is 13.1 Å². The Morgan fingerprint density at radius 2 is 1.94 bits per heavy atom. The van der Waals surface area contributed by atoms with Crippen LogP contribution in [0, 0.1) is 11.2 Å². The lowest BCUT2D eigenvalue weighted by Gasteiger charge is -2.29. The molecule has 1 fully saturated rings. The molecule has 2 rings (SSSR count). The van der Waals surface area contributed by atoms with E-state index < -0.39 is 0 Å². The van der Waals surface area contributed by atoms with Crippen molar-refractivity contribution < 1.29 is 4.39 Å². The molecule has 1 aliphatic carbocycles. The van der Waals surface area contributed by atoms with Gasteiger partial charge in [-0.1, -0.05) is 38.0 Å². The third-order valence-electron chi connectivity index (χ3n) is 4.11.